The van der Waals surface area contributed by atoms with Crippen LogP contribution in [0.15, 0.2) is 24.3 Å². The topological polar surface area (TPSA) is 72.9 Å². The third-order valence-electron chi connectivity index (χ3n) is 7.30. The minimum Gasteiger partial charge on any atom is -0.449 e. The van der Waals surface area contributed by atoms with Gasteiger partial charge in [-0.3, -0.25) is 9.59 Å². The summed E-state index contributed by atoms with van der Waals surface area (Å²) in [6.45, 7) is 5.43. The van der Waals surface area contributed by atoms with E-state index in [-0.39, 0.29) is 18.7 Å². The molecule has 30 heavy (non-hydrogen) atoms. The summed E-state index contributed by atoms with van der Waals surface area (Å²) in [7, 11) is 0. The number of hydrogen-bond donors (Lipinski definition) is 0. The van der Waals surface area contributed by atoms with Crippen molar-refractivity contribution in [3.05, 3.63) is 29.8 Å². The van der Waals surface area contributed by atoms with Gasteiger partial charge in [0.05, 0.1) is 11.0 Å². The Labute approximate surface area is 171 Å². The standard InChI is InChI=1S/C21H22F3NO5/c1-18(2)19(3)8-9-20(18,30-16(19)27)17(28)29-14-7-10-25(15(14)26)13-6-4-5-12(11-13)21(22,23)24/h4-6,11,14H,7-10H2,1-3H3/t14-,19?,20?/m0/s1. The molecular formula is C21H22F3NO5. The van der Waals surface area contributed by atoms with E-state index in [4.69, 9.17) is 9.47 Å². The summed E-state index contributed by atoms with van der Waals surface area (Å²) in [6, 6.07) is 4.45. The fraction of sp³-hybridized carbons (Fsp3) is 0.571. The molecule has 9 heteroatoms. The Balaban J connectivity index is 1.52. The van der Waals surface area contributed by atoms with Gasteiger partial charge in [-0.05, 0) is 38.0 Å². The number of amides is 1. The highest BCUT2D eigenvalue weighted by Crippen LogP contribution is 2.65. The molecule has 2 aliphatic heterocycles. The highest BCUT2D eigenvalue weighted by molar-refractivity contribution is 6.01. The van der Waals surface area contributed by atoms with Crippen LogP contribution >= 0.6 is 0 Å². The fourth-order valence-corrected chi connectivity index (χ4v) is 4.80. The molecule has 2 heterocycles. The maximum absolute atomic E-state index is 13.0. The molecule has 1 aliphatic carbocycles. The van der Waals surface area contributed by atoms with Gasteiger partial charge in [-0.2, -0.15) is 13.2 Å². The van der Waals surface area contributed by atoms with Crippen LogP contribution in [0.5, 0.6) is 0 Å². The van der Waals surface area contributed by atoms with Crippen molar-refractivity contribution in [3.63, 3.8) is 0 Å². The van der Waals surface area contributed by atoms with Crippen LogP contribution in [0.25, 0.3) is 0 Å². The van der Waals surface area contributed by atoms with Gasteiger partial charge in [-0.25, -0.2) is 4.79 Å². The molecule has 2 bridgehead atoms. The summed E-state index contributed by atoms with van der Waals surface area (Å²) >= 11 is 0. The lowest BCUT2D eigenvalue weighted by molar-refractivity contribution is -0.187. The van der Waals surface area contributed by atoms with Crippen molar-refractivity contribution in [2.24, 2.45) is 10.8 Å². The zero-order chi connectivity index (χ0) is 22.1. The molecule has 0 aromatic heterocycles. The van der Waals surface area contributed by atoms with Crippen LogP contribution in [0.4, 0.5) is 18.9 Å². The number of hydrogen-bond acceptors (Lipinski definition) is 5. The molecular weight excluding hydrogens is 403 g/mol. The Bertz CT molecular complexity index is 943. The Morgan fingerprint density at radius 2 is 1.90 bits per heavy atom. The van der Waals surface area contributed by atoms with Crippen LogP contribution in [0.3, 0.4) is 0 Å². The monoisotopic (exact) mass is 425 g/mol. The first-order chi connectivity index (χ1) is 13.8. The number of benzene rings is 1. The van der Waals surface area contributed by atoms with Crippen molar-refractivity contribution in [1.82, 2.24) is 0 Å². The second-order valence-electron chi connectivity index (χ2n) is 8.89. The van der Waals surface area contributed by atoms with E-state index in [1.54, 1.807) is 20.8 Å². The van der Waals surface area contributed by atoms with E-state index in [0.29, 0.717) is 12.8 Å². The number of anilines is 1. The van der Waals surface area contributed by atoms with Crippen molar-refractivity contribution in [3.8, 4) is 0 Å². The first kappa shape index (κ1) is 20.7. The van der Waals surface area contributed by atoms with Crippen LogP contribution in [-0.4, -0.2) is 36.1 Å². The first-order valence-electron chi connectivity index (χ1n) is 9.77. The number of carbonyl (C=O) groups excluding carboxylic acids is 3. The molecule has 3 aliphatic rings. The molecule has 0 radical (unpaired) electrons. The Morgan fingerprint density at radius 1 is 1.20 bits per heavy atom. The fourth-order valence-electron chi connectivity index (χ4n) is 4.80. The van der Waals surface area contributed by atoms with E-state index in [9.17, 15) is 27.6 Å². The quantitative estimate of drug-likeness (QED) is 0.694. The van der Waals surface area contributed by atoms with Crippen LogP contribution in [0.2, 0.25) is 0 Å². The van der Waals surface area contributed by atoms with E-state index in [1.807, 2.05) is 0 Å². The van der Waals surface area contributed by atoms with Gasteiger partial charge in [0.1, 0.15) is 0 Å². The summed E-state index contributed by atoms with van der Waals surface area (Å²) in [4.78, 5) is 39.3. The predicted octanol–water partition coefficient (Wildman–Crippen LogP) is 3.48. The van der Waals surface area contributed by atoms with E-state index in [2.05, 4.69) is 0 Å². The molecule has 1 aromatic rings. The lowest BCUT2D eigenvalue weighted by Crippen LogP contribution is -2.50. The summed E-state index contributed by atoms with van der Waals surface area (Å²) in [5, 5.41) is 0. The minimum absolute atomic E-state index is 0.0904. The Hall–Kier alpha value is -2.58. The summed E-state index contributed by atoms with van der Waals surface area (Å²) in [6.07, 6.45) is -4.75. The maximum Gasteiger partial charge on any atom is 0.416 e. The maximum atomic E-state index is 13.0. The zero-order valence-electron chi connectivity index (χ0n) is 16.8. The van der Waals surface area contributed by atoms with Crippen molar-refractivity contribution in [2.75, 3.05) is 11.4 Å². The second kappa shape index (κ2) is 6.21. The van der Waals surface area contributed by atoms with Gasteiger partial charge < -0.3 is 14.4 Å². The minimum atomic E-state index is -4.53. The van der Waals surface area contributed by atoms with Gasteiger partial charge >= 0.3 is 18.1 Å². The van der Waals surface area contributed by atoms with Gasteiger partial charge in [0.2, 0.25) is 5.60 Å². The number of esters is 2. The van der Waals surface area contributed by atoms with Crippen LogP contribution < -0.4 is 4.90 Å². The summed E-state index contributed by atoms with van der Waals surface area (Å²) in [5.74, 6) is -1.83. The van der Waals surface area contributed by atoms with E-state index < -0.39 is 52.1 Å². The molecule has 6 nitrogen and oxygen atoms in total. The highest BCUT2D eigenvalue weighted by atomic mass is 19.4. The van der Waals surface area contributed by atoms with Crippen LogP contribution in [-0.2, 0) is 30.0 Å². The largest absolute Gasteiger partial charge is 0.449 e. The zero-order valence-corrected chi connectivity index (χ0v) is 16.8. The third-order valence-corrected chi connectivity index (χ3v) is 7.30. The molecule has 3 atom stereocenters. The van der Waals surface area contributed by atoms with Crippen molar-refractivity contribution in [1.29, 1.82) is 0 Å². The number of ether oxygens (including phenoxy) is 2. The number of alkyl halides is 3. The molecule has 0 N–H and O–H groups in total. The molecule has 3 fully saturated rings. The van der Waals surface area contributed by atoms with Crippen molar-refractivity contribution < 1.29 is 37.0 Å². The van der Waals surface area contributed by atoms with Crippen molar-refractivity contribution in [2.45, 2.75) is 57.9 Å². The van der Waals surface area contributed by atoms with Gasteiger partial charge in [-0.1, -0.05) is 19.9 Å². The lowest BCUT2D eigenvalue weighted by atomic mass is 9.66. The van der Waals surface area contributed by atoms with Crippen LogP contribution in [0.1, 0.15) is 45.6 Å². The van der Waals surface area contributed by atoms with Gasteiger partial charge in [0, 0.05) is 24.1 Å². The third kappa shape index (κ3) is 2.60. The average molecular weight is 425 g/mol. The van der Waals surface area contributed by atoms with Gasteiger partial charge in [-0.15, -0.1) is 0 Å². The number of rotatable bonds is 3. The smallest absolute Gasteiger partial charge is 0.416 e. The summed E-state index contributed by atoms with van der Waals surface area (Å²) < 4.78 is 49.9. The Kier molecular flexibility index (Phi) is 4.28. The predicted molar refractivity (Wildman–Crippen MR) is 98.2 cm³/mol. The number of fused-ring (bicyclic) bond motifs is 2. The van der Waals surface area contributed by atoms with E-state index >= 15 is 0 Å². The van der Waals surface area contributed by atoms with Gasteiger partial charge in [0.15, 0.2) is 6.10 Å². The van der Waals surface area contributed by atoms with Gasteiger partial charge in [0.25, 0.3) is 5.91 Å². The molecule has 1 amide bonds. The first-order valence-corrected chi connectivity index (χ1v) is 9.77. The van der Waals surface area contributed by atoms with Crippen LogP contribution in [0, 0.1) is 10.8 Å². The summed E-state index contributed by atoms with van der Waals surface area (Å²) in [5.41, 5.74) is -3.85. The molecule has 2 unspecified atom stereocenters. The normalized spacial score (nSPS) is 32.5. The molecule has 162 valence electrons. The highest BCUT2D eigenvalue weighted by Gasteiger charge is 2.76. The van der Waals surface area contributed by atoms with Crippen molar-refractivity contribution >= 4 is 23.5 Å². The number of halogens is 3. The molecule has 1 aromatic carbocycles. The molecule has 1 saturated carbocycles. The second-order valence-corrected chi connectivity index (χ2v) is 8.89. The number of nitrogens with zero attached hydrogens (tertiary/aromatic N) is 1. The van der Waals surface area contributed by atoms with E-state index in [1.165, 1.54) is 17.0 Å². The SMILES string of the molecule is CC12CCC(C(=O)O[C@H]3CCN(c4cccc(C(F)(F)F)c4)C3=O)(OC1=O)C2(C)C. The number of carbonyl (C=O) groups is 3. The lowest BCUT2D eigenvalue weighted by Gasteiger charge is -2.35. The molecule has 4 rings (SSSR count). The van der Waals surface area contributed by atoms with E-state index in [0.717, 1.165) is 12.1 Å². The molecule has 2 saturated heterocycles. The average Bonchev–Trinajstić information content (AvgIpc) is 3.17. The molecule has 0 spiro atoms. The Morgan fingerprint density at radius 3 is 2.47 bits per heavy atom.